The number of benzene rings is 2. The van der Waals surface area contributed by atoms with Crippen molar-refractivity contribution in [2.45, 2.75) is 18.2 Å². The van der Waals surface area contributed by atoms with Gasteiger partial charge in [-0.05, 0) is 42.3 Å². The van der Waals surface area contributed by atoms with Crippen molar-refractivity contribution in [2.24, 2.45) is 0 Å². The Hall–Kier alpha value is -1.33. The van der Waals surface area contributed by atoms with Crippen LogP contribution in [0.5, 0.6) is 0 Å². The van der Waals surface area contributed by atoms with Crippen LogP contribution in [-0.4, -0.2) is 8.42 Å². The molecule has 0 bridgehead atoms. The minimum atomic E-state index is -3.53. The van der Waals surface area contributed by atoms with Crippen LogP contribution in [0.4, 0.5) is 5.69 Å². The van der Waals surface area contributed by atoms with E-state index in [-0.39, 0.29) is 4.90 Å². The SMILES string of the molecule is CCc1ccc(S(=O)(=O)Nc2cccc(Br)c2)cc1. The van der Waals surface area contributed by atoms with Gasteiger partial charge in [0.05, 0.1) is 4.90 Å². The van der Waals surface area contributed by atoms with E-state index in [1.54, 1.807) is 30.3 Å². The van der Waals surface area contributed by atoms with Gasteiger partial charge in [-0.15, -0.1) is 0 Å². The average molecular weight is 340 g/mol. The Morgan fingerprint density at radius 3 is 2.37 bits per heavy atom. The zero-order valence-corrected chi connectivity index (χ0v) is 12.8. The van der Waals surface area contributed by atoms with E-state index in [1.807, 2.05) is 25.1 Å². The number of rotatable bonds is 4. The first-order chi connectivity index (χ1) is 9.01. The molecule has 0 saturated carbocycles. The average Bonchev–Trinajstić information content (AvgIpc) is 2.38. The third-order valence-electron chi connectivity index (χ3n) is 2.72. The van der Waals surface area contributed by atoms with Crippen molar-refractivity contribution >= 4 is 31.6 Å². The Bertz CT molecular complexity index is 666. The first-order valence-corrected chi connectivity index (χ1v) is 8.16. The van der Waals surface area contributed by atoms with Crippen LogP contribution >= 0.6 is 15.9 Å². The van der Waals surface area contributed by atoms with Gasteiger partial charge in [-0.25, -0.2) is 8.42 Å². The highest BCUT2D eigenvalue weighted by molar-refractivity contribution is 9.10. The van der Waals surface area contributed by atoms with Crippen LogP contribution in [0.3, 0.4) is 0 Å². The van der Waals surface area contributed by atoms with Crippen molar-refractivity contribution < 1.29 is 8.42 Å². The molecule has 0 aliphatic heterocycles. The number of hydrogen-bond donors (Lipinski definition) is 1. The van der Waals surface area contributed by atoms with Crippen LogP contribution in [0.25, 0.3) is 0 Å². The molecule has 0 heterocycles. The fraction of sp³-hybridized carbons (Fsp3) is 0.143. The summed E-state index contributed by atoms with van der Waals surface area (Å²) >= 11 is 3.31. The first-order valence-electron chi connectivity index (χ1n) is 5.88. The van der Waals surface area contributed by atoms with Gasteiger partial charge >= 0.3 is 0 Å². The molecule has 0 unspecified atom stereocenters. The Morgan fingerprint density at radius 2 is 1.79 bits per heavy atom. The van der Waals surface area contributed by atoms with Crippen LogP contribution in [-0.2, 0) is 16.4 Å². The number of nitrogens with one attached hydrogen (secondary N) is 1. The molecule has 0 amide bonds. The summed E-state index contributed by atoms with van der Waals surface area (Å²) in [6.45, 7) is 2.03. The minimum absolute atomic E-state index is 0.268. The van der Waals surface area contributed by atoms with E-state index >= 15 is 0 Å². The summed E-state index contributed by atoms with van der Waals surface area (Å²) in [5, 5.41) is 0. The van der Waals surface area contributed by atoms with Gasteiger partial charge in [-0.3, -0.25) is 4.72 Å². The fourth-order valence-corrected chi connectivity index (χ4v) is 3.12. The highest BCUT2D eigenvalue weighted by atomic mass is 79.9. The van der Waals surface area contributed by atoms with Gasteiger partial charge in [0.25, 0.3) is 10.0 Å². The smallest absolute Gasteiger partial charge is 0.261 e. The monoisotopic (exact) mass is 339 g/mol. The van der Waals surface area contributed by atoms with Crippen molar-refractivity contribution in [1.29, 1.82) is 0 Å². The molecule has 2 rings (SSSR count). The molecule has 0 aliphatic carbocycles. The van der Waals surface area contributed by atoms with E-state index in [2.05, 4.69) is 20.7 Å². The molecule has 1 N–H and O–H groups in total. The summed E-state index contributed by atoms with van der Waals surface area (Å²) in [6.07, 6.45) is 0.888. The van der Waals surface area contributed by atoms with Gasteiger partial charge < -0.3 is 0 Å². The second-order valence-electron chi connectivity index (χ2n) is 4.11. The van der Waals surface area contributed by atoms with Crippen LogP contribution in [0.15, 0.2) is 57.9 Å². The normalized spacial score (nSPS) is 11.3. The zero-order chi connectivity index (χ0) is 13.9. The Morgan fingerprint density at radius 1 is 1.11 bits per heavy atom. The van der Waals surface area contributed by atoms with E-state index in [0.29, 0.717) is 5.69 Å². The molecule has 100 valence electrons. The van der Waals surface area contributed by atoms with Gasteiger partial charge in [0.15, 0.2) is 0 Å². The molecular formula is C14H14BrNO2S. The quantitative estimate of drug-likeness (QED) is 0.920. The summed E-state index contributed by atoms with van der Waals surface area (Å²) in [7, 11) is -3.53. The van der Waals surface area contributed by atoms with Crippen LogP contribution < -0.4 is 4.72 Å². The maximum absolute atomic E-state index is 12.2. The van der Waals surface area contributed by atoms with Crippen LogP contribution in [0.2, 0.25) is 0 Å². The number of aryl methyl sites for hydroxylation is 1. The molecule has 5 heteroatoms. The van der Waals surface area contributed by atoms with E-state index in [9.17, 15) is 8.42 Å². The Balaban J connectivity index is 2.27. The predicted molar refractivity (Wildman–Crippen MR) is 80.8 cm³/mol. The molecule has 0 spiro atoms. The van der Waals surface area contributed by atoms with Gasteiger partial charge in [0.1, 0.15) is 0 Å². The van der Waals surface area contributed by atoms with Gasteiger partial charge in [-0.1, -0.05) is 41.1 Å². The summed E-state index contributed by atoms with van der Waals surface area (Å²) in [4.78, 5) is 0.268. The standard InChI is InChI=1S/C14H14BrNO2S/c1-2-11-6-8-14(9-7-11)19(17,18)16-13-5-3-4-12(15)10-13/h3-10,16H,2H2,1H3. The molecule has 0 atom stereocenters. The van der Waals surface area contributed by atoms with Crippen LogP contribution in [0.1, 0.15) is 12.5 Å². The largest absolute Gasteiger partial charge is 0.280 e. The second kappa shape index (κ2) is 5.75. The summed E-state index contributed by atoms with van der Waals surface area (Å²) < 4.78 is 27.8. The first kappa shape index (κ1) is 14.1. The molecule has 0 aliphatic rings. The third-order valence-corrected chi connectivity index (χ3v) is 4.61. The van der Waals surface area contributed by atoms with Gasteiger partial charge in [0.2, 0.25) is 0 Å². The molecule has 3 nitrogen and oxygen atoms in total. The second-order valence-corrected chi connectivity index (χ2v) is 6.71. The van der Waals surface area contributed by atoms with Crippen LogP contribution in [0, 0.1) is 0 Å². The Kier molecular flexibility index (Phi) is 4.27. The number of hydrogen-bond acceptors (Lipinski definition) is 2. The van der Waals surface area contributed by atoms with Gasteiger partial charge in [-0.2, -0.15) is 0 Å². The van der Waals surface area contributed by atoms with E-state index in [1.165, 1.54) is 0 Å². The lowest BCUT2D eigenvalue weighted by atomic mass is 10.2. The maximum atomic E-state index is 12.2. The zero-order valence-electron chi connectivity index (χ0n) is 10.4. The maximum Gasteiger partial charge on any atom is 0.261 e. The van der Waals surface area contributed by atoms with E-state index < -0.39 is 10.0 Å². The molecule has 2 aromatic carbocycles. The Labute approximate surface area is 121 Å². The molecule has 2 aromatic rings. The summed E-state index contributed by atoms with van der Waals surface area (Å²) in [5.41, 5.74) is 1.65. The molecule has 0 fully saturated rings. The lowest BCUT2D eigenvalue weighted by molar-refractivity contribution is 0.601. The number of sulfonamides is 1. The van der Waals surface area contributed by atoms with Crippen molar-refractivity contribution in [3.05, 3.63) is 58.6 Å². The lowest BCUT2D eigenvalue weighted by Crippen LogP contribution is -2.12. The molecule has 0 radical (unpaired) electrons. The van der Waals surface area contributed by atoms with Crippen molar-refractivity contribution in [3.63, 3.8) is 0 Å². The topological polar surface area (TPSA) is 46.2 Å². The van der Waals surface area contributed by atoms with Crippen molar-refractivity contribution in [2.75, 3.05) is 4.72 Å². The number of anilines is 1. The molecule has 0 saturated heterocycles. The number of halogens is 1. The highest BCUT2D eigenvalue weighted by Gasteiger charge is 2.13. The summed E-state index contributed by atoms with van der Waals surface area (Å²) in [6, 6.07) is 14.0. The minimum Gasteiger partial charge on any atom is -0.280 e. The molecule has 0 aromatic heterocycles. The third kappa shape index (κ3) is 3.58. The van der Waals surface area contributed by atoms with Gasteiger partial charge in [0, 0.05) is 10.2 Å². The van der Waals surface area contributed by atoms with Crippen molar-refractivity contribution in [3.8, 4) is 0 Å². The molecule has 19 heavy (non-hydrogen) atoms. The van der Waals surface area contributed by atoms with E-state index in [4.69, 9.17) is 0 Å². The van der Waals surface area contributed by atoms with E-state index in [0.717, 1.165) is 16.5 Å². The fourth-order valence-electron chi connectivity index (χ4n) is 1.67. The van der Waals surface area contributed by atoms with Crippen molar-refractivity contribution in [1.82, 2.24) is 0 Å². The summed E-state index contributed by atoms with van der Waals surface area (Å²) in [5.74, 6) is 0. The lowest BCUT2D eigenvalue weighted by Gasteiger charge is -2.08. The predicted octanol–water partition coefficient (Wildman–Crippen LogP) is 3.81. The molecular weight excluding hydrogens is 326 g/mol. The highest BCUT2D eigenvalue weighted by Crippen LogP contribution is 2.20.